The van der Waals surface area contributed by atoms with Crippen LogP contribution in [-0.2, 0) is 9.47 Å². The van der Waals surface area contributed by atoms with Crippen molar-refractivity contribution in [3.8, 4) is 28.6 Å². The molecule has 5 rings (SSSR count). The fraction of sp³-hybridized carbons (Fsp3) is 0.444. The Labute approximate surface area is 231 Å². The molecule has 3 heterocycles. The van der Waals surface area contributed by atoms with Crippen molar-refractivity contribution in [2.45, 2.75) is 68.3 Å². The summed E-state index contributed by atoms with van der Waals surface area (Å²) in [4.78, 5) is 12.8. The lowest BCUT2D eigenvalue weighted by Crippen LogP contribution is -2.60. The number of aliphatic hydroxyl groups excluding tert-OH is 7. The Kier molecular flexibility index (Phi) is 8.20. The molecular weight excluding hydrogens is 548 g/mol. The predicted octanol–water partition coefficient (Wildman–Crippen LogP) is -1.45. The van der Waals surface area contributed by atoms with E-state index in [0.717, 1.165) is 6.07 Å². The maximum absolute atomic E-state index is 12.8. The number of hydrogen-bond acceptors (Lipinski definition) is 14. The van der Waals surface area contributed by atoms with Gasteiger partial charge in [-0.15, -0.1) is 0 Å². The minimum Gasteiger partial charge on any atom is -0.507 e. The number of ether oxygens (including phenoxy) is 4. The summed E-state index contributed by atoms with van der Waals surface area (Å²) in [6.07, 6.45) is -13.9. The van der Waals surface area contributed by atoms with E-state index in [4.69, 9.17) is 23.4 Å². The molecule has 2 saturated heterocycles. The van der Waals surface area contributed by atoms with Gasteiger partial charge < -0.3 is 64.2 Å². The number of fused-ring (bicyclic) bond motifs is 1. The van der Waals surface area contributed by atoms with E-state index in [-0.39, 0.29) is 28.2 Å². The zero-order valence-corrected chi connectivity index (χ0v) is 21.5. The number of aromatic hydroxyl groups is 1. The van der Waals surface area contributed by atoms with Crippen molar-refractivity contribution in [1.82, 2.24) is 0 Å². The summed E-state index contributed by atoms with van der Waals surface area (Å²) in [6, 6.07) is 9.65. The largest absolute Gasteiger partial charge is 0.507 e. The summed E-state index contributed by atoms with van der Waals surface area (Å²) in [7, 11) is 0. The number of aliphatic hydroxyl groups is 7. The molecule has 1 aromatic heterocycles. The van der Waals surface area contributed by atoms with Gasteiger partial charge in [-0.25, -0.2) is 0 Å². The lowest BCUT2D eigenvalue weighted by atomic mass is 9.99. The highest BCUT2D eigenvalue weighted by Crippen LogP contribution is 2.34. The molecule has 2 fully saturated rings. The molecular formula is C27H30O14. The van der Waals surface area contributed by atoms with Gasteiger partial charge in [0.15, 0.2) is 5.43 Å². The van der Waals surface area contributed by atoms with Gasteiger partial charge in [-0.1, -0.05) is 0 Å². The number of phenols is 1. The van der Waals surface area contributed by atoms with E-state index < -0.39 is 79.2 Å². The predicted molar refractivity (Wildman–Crippen MR) is 137 cm³/mol. The van der Waals surface area contributed by atoms with Crippen molar-refractivity contribution in [3.63, 3.8) is 0 Å². The van der Waals surface area contributed by atoms with Crippen LogP contribution in [0.1, 0.15) is 6.92 Å². The van der Waals surface area contributed by atoms with E-state index >= 15 is 0 Å². The lowest BCUT2D eigenvalue weighted by molar-refractivity contribution is -0.277. The van der Waals surface area contributed by atoms with E-state index in [9.17, 15) is 45.6 Å². The third-order valence-corrected chi connectivity index (χ3v) is 7.08. The molecule has 14 nitrogen and oxygen atoms in total. The third kappa shape index (κ3) is 5.61. The van der Waals surface area contributed by atoms with E-state index in [1.54, 1.807) is 12.1 Å². The zero-order chi connectivity index (χ0) is 29.6. The Morgan fingerprint density at radius 3 is 2.02 bits per heavy atom. The van der Waals surface area contributed by atoms with Gasteiger partial charge in [0.25, 0.3) is 0 Å². The van der Waals surface area contributed by atoms with Gasteiger partial charge >= 0.3 is 0 Å². The first-order valence-electron chi connectivity index (χ1n) is 12.7. The first-order chi connectivity index (χ1) is 19.5. The summed E-state index contributed by atoms with van der Waals surface area (Å²) in [5.74, 6) is -0.223. The van der Waals surface area contributed by atoms with E-state index in [1.165, 1.54) is 31.2 Å². The van der Waals surface area contributed by atoms with Crippen LogP contribution in [0, 0.1) is 0 Å². The highest BCUT2D eigenvalue weighted by Gasteiger charge is 2.45. The van der Waals surface area contributed by atoms with Crippen molar-refractivity contribution in [2.24, 2.45) is 0 Å². The molecule has 0 saturated carbocycles. The monoisotopic (exact) mass is 578 g/mol. The van der Waals surface area contributed by atoms with Gasteiger partial charge in [-0.05, 0) is 31.2 Å². The van der Waals surface area contributed by atoms with Crippen LogP contribution in [0.2, 0.25) is 0 Å². The lowest BCUT2D eigenvalue weighted by Gasteiger charge is -2.39. The van der Waals surface area contributed by atoms with Crippen molar-refractivity contribution in [3.05, 3.63) is 52.7 Å². The van der Waals surface area contributed by atoms with Crippen LogP contribution in [0.4, 0.5) is 0 Å². The smallest absolute Gasteiger partial charge is 0.229 e. The molecule has 0 spiro atoms. The van der Waals surface area contributed by atoms with Crippen LogP contribution in [0.15, 0.2) is 51.7 Å². The molecule has 41 heavy (non-hydrogen) atoms. The molecule has 0 radical (unpaired) electrons. The first kappa shape index (κ1) is 29.2. The fourth-order valence-corrected chi connectivity index (χ4v) is 4.70. The van der Waals surface area contributed by atoms with E-state index in [0.29, 0.717) is 5.56 Å². The second kappa shape index (κ2) is 11.5. The summed E-state index contributed by atoms with van der Waals surface area (Å²) in [6.45, 7) is 0.868. The number of phenolic OH excluding ortho intramolecular Hbond substituents is 1. The van der Waals surface area contributed by atoms with Crippen molar-refractivity contribution >= 4 is 11.0 Å². The first-order valence-corrected chi connectivity index (χ1v) is 12.7. The molecule has 2 aromatic carbocycles. The zero-order valence-electron chi connectivity index (χ0n) is 21.5. The maximum atomic E-state index is 12.8. The van der Waals surface area contributed by atoms with Gasteiger partial charge in [0.2, 0.25) is 12.6 Å². The molecule has 0 aliphatic carbocycles. The molecule has 8 N–H and O–H groups in total. The third-order valence-electron chi connectivity index (χ3n) is 7.08. The molecule has 10 atom stereocenters. The Morgan fingerprint density at radius 1 is 0.756 bits per heavy atom. The van der Waals surface area contributed by atoms with Crippen LogP contribution < -0.4 is 14.9 Å². The average molecular weight is 579 g/mol. The van der Waals surface area contributed by atoms with Crippen molar-refractivity contribution in [1.29, 1.82) is 0 Å². The summed E-state index contributed by atoms with van der Waals surface area (Å²) in [5.41, 5.74) is -0.212. The second-order valence-electron chi connectivity index (χ2n) is 9.93. The molecule has 222 valence electrons. The Balaban J connectivity index is 1.38. The van der Waals surface area contributed by atoms with Crippen LogP contribution in [0.5, 0.6) is 17.2 Å². The van der Waals surface area contributed by atoms with Crippen LogP contribution in [0.3, 0.4) is 0 Å². The highest BCUT2D eigenvalue weighted by molar-refractivity contribution is 5.86. The van der Waals surface area contributed by atoms with Crippen LogP contribution >= 0.6 is 0 Å². The minimum atomic E-state index is -1.69. The molecule has 0 unspecified atom stereocenters. The van der Waals surface area contributed by atoms with Gasteiger partial charge in [0.1, 0.15) is 76.7 Å². The van der Waals surface area contributed by atoms with Crippen LogP contribution in [-0.4, -0.2) is 109 Å². The molecule has 0 amide bonds. The van der Waals surface area contributed by atoms with E-state index in [2.05, 4.69) is 0 Å². The Bertz CT molecular complexity index is 1420. The quantitative estimate of drug-likeness (QED) is 0.167. The summed E-state index contributed by atoms with van der Waals surface area (Å²) in [5, 5.41) is 79.9. The number of rotatable bonds is 6. The van der Waals surface area contributed by atoms with Gasteiger partial charge in [-0.3, -0.25) is 4.79 Å². The molecule has 2 aliphatic heterocycles. The summed E-state index contributed by atoms with van der Waals surface area (Å²) < 4.78 is 27.8. The van der Waals surface area contributed by atoms with Gasteiger partial charge in [-0.2, -0.15) is 0 Å². The average Bonchev–Trinajstić information content (AvgIpc) is 2.95. The van der Waals surface area contributed by atoms with Crippen molar-refractivity contribution in [2.75, 3.05) is 6.61 Å². The Hall–Kier alpha value is -3.31. The van der Waals surface area contributed by atoms with Gasteiger partial charge in [0, 0.05) is 23.8 Å². The van der Waals surface area contributed by atoms with Gasteiger partial charge in [0.05, 0.1) is 12.7 Å². The number of benzene rings is 2. The summed E-state index contributed by atoms with van der Waals surface area (Å²) >= 11 is 0. The van der Waals surface area contributed by atoms with Crippen molar-refractivity contribution < 1.29 is 64.2 Å². The molecule has 3 aromatic rings. The maximum Gasteiger partial charge on any atom is 0.229 e. The molecule has 2 aliphatic rings. The minimum absolute atomic E-state index is 0.0762. The SMILES string of the molecule is C[C@H]1O[C@H](Oc2ccc(-c3cc(=O)c4c(O)cc(O[C@@H]5O[C@H](CO)[C@@H](O)[C@H](O)[C@H]5O)cc4o3)cc2)[C@@H](O)[C@@H](O)[C@@H]1O. The molecule has 0 bridgehead atoms. The second-order valence-corrected chi connectivity index (χ2v) is 9.93. The molecule has 14 heteroatoms. The fourth-order valence-electron chi connectivity index (χ4n) is 4.70. The Morgan fingerprint density at radius 2 is 1.37 bits per heavy atom. The standard InChI is InChI=1S/C27H30O14/c1-10-20(31)22(33)24(35)26(37-10)38-12-4-2-11(3-5-12)16-8-15(30)19-14(29)6-13(7-17(19)40-16)39-27-25(36)23(34)21(32)18(9-28)41-27/h2-8,10,18,20-29,31-36H,9H2,1H3/t10-,18-,20-,21-,22+,23+,24+,25-,26-,27-/m1/s1. The number of hydrogen-bond donors (Lipinski definition) is 8. The highest BCUT2D eigenvalue weighted by atomic mass is 16.7. The normalized spacial score (nSPS) is 34.0. The van der Waals surface area contributed by atoms with E-state index in [1.807, 2.05) is 0 Å². The topological polar surface area (TPSA) is 229 Å². The van der Waals surface area contributed by atoms with Crippen LogP contribution in [0.25, 0.3) is 22.3 Å².